The predicted molar refractivity (Wildman–Crippen MR) is 88.9 cm³/mol. The first-order chi connectivity index (χ1) is 11.6. The Balaban J connectivity index is 1.57. The van der Waals surface area contributed by atoms with Crippen LogP contribution in [0.25, 0.3) is 0 Å². The average molecular weight is 351 g/mol. The molecule has 8 heteroatoms. The summed E-state index contributed by atoms with van der Waals surface area (Å²) in [4.78, 5) is 12.1. The Bertz CT molecular complexity index is 721. The first-order valence-corrected chi connectivity index (χ1v) is 7.95. The lowest BCUT2D eigenvalue weighted by molar-refractivity contribution is 0.102. The van der Waals surface area contributed by atoms with Crippen LogP contribution in [0.5, 0.6) is 0 Å². The molecule has 1 atom stereocenters. The van der Waals surface area contributed by atoms with Gasteiger partial charge in [-0.3, -0.25) is 4.79 Å². The Morgan fingerprint density at radius 1 is 1.33 bits per heavy atom. The number of carbonyl (C=O) groups is 1. The molecule has 1 aromatic carbocycles. The maximum Gasteiger partial charge on any atom is 0.276 e. The molecule has 6 nitrogen and oxygen atoms in total. The van der Waals surface area contributed by atoms with E-state index < -0.39 is 11.7 Å². The van der Waals surface area contributed by atoms with E-state index in [0.29, 0.717) is 18.1 Å². The van der Waals surface area contributed by atoms with Crippen LogP contribution in [0.15, 0.2) is 30.3 Å². The molecule has 1 saturated heterocycles. The van der Waals surface area contributed by atoms with Crippen molar-refractivity contribution >= 4 is 29.0 Å². The third-order valence-corrected chi connectivity index (χ3v) is 3.90. The quantitative estimate of drug-likeness (QED) is 0.866. The van der Waals surface area contributed by atoms with Gasteiger partial charge in [0.2, 0.25) is 0 Å². The van der Waals surface area contributed by atoms with Crippen molar-refractivity contribution in [3.8, 4) is 0 Å². The van der Waals surface area contributed by atoms with E-state index >= 15 is 0 Å². The highest BCUT2D eigenvalue weighted by atomic mass is 35.5. The minimum atomic E-state index is -0.545. The van der Waals surface area contributed by atoms with Gasteiger partial charge in [-0.1, -0.05) is 11.6 Å². The molecular weight excluding hydrogens is 335 g/mol. The van der Waals surface area contributed by atoms with Gasteiger partial charge in [0.1, 0.15) is 11.6 Å². The summed E-state index contributed by atoms with van der Waals surface area (Å²) < 4.78 is 18.6. The second kappa shape index (κ2) is 7.55. The SMILES string of the molecule is O=C(Nc1ccc(F)c(Cl)c1)c1ccc(NCC2CCCO2)nn1. The molecule has 3 rings (SSSR count). The van der Waals surface area contributed by atoms with Gasteiger partial charge in [0.25, 0.3) is 5.91 Å². The molecule has 2 aromatic rings. The van der Waals surface area contributed by atoms with Gasteiger partial charge >= 0.3 is 0 Å². The standard InChI is InChI=1S/C16H16ClFN4O2/c17-12-8-10(3-4-13(12)18)20-16(23)14-5-6-15(22-21-14)19-9-11-2-1-7-24-11/h3-6,8,11H,1-2,7,9H2,(H,19,22)(H,20,23). The highest BCUT2D eigenvalue weighted by molar-refractivity contribution is 6.31. The van der Waals surface area contributed by atoms with Crippen LogP contribution in [0.3, 0.4) is 0 Å². The number of carbonyl (C=O) groups excluding carboxylic acids is 1. The zero-order chi connectivity index (χ0) is 16.9. The normalized spacial score (nSPS) is 16.8. The van der Waals surface area contributed by atoms with Crippen LogP contribution in [-0.2, 0) is 4.74 Å². The fourth-order valence-corrected chi connectivity index (χ4v) is 2.52. The zero-order valence-electron chi connectivity index (χ0n) is 12.8. The third kappa shape index (κ3) is 4.18. The molecule has 1 fully saturated rings. The van der Waals surface area contributed by atoms with Gasteiger partial charge in [-0.05, 0) is 43.2 Å². The van der Waals surface area contributed by atoms with Crippen LogP contribution in [0.2, 0.25) is 5.02 Å². The number of hydrogen-bond acceptors (Lipinski definition) is 5. The number of aromatic nitrogens is 2. The van der Waals surface area contributed by atoms with E-state index in [4.69, 9.17) is 16.3 Å². The van der Waals surface area contributed by atoms with Crippen molar-refractivity contribution in [1.82, 2.24) is 10.2 Å². The van der Waals surface area contributed by atoms with E-state index in [1.54, 1.807) is 12.1 Å². The molecule has 24 heavy (non-hydrogen) atoms. The van der Waals surface area contributed by atoms with Crippen LogP contribution in [0.4, 0.5) is 15.9 Å². The summed E-state index contributed by atoms with van der Waals surface area (Å²) in [5.74, 6) is -0.418. The number of nitrogens with one attached hydrogen (secondary N) is 2. The molecule has 0 aliphatic carbocycles. The number of amides is 1. The minimum Gasteiger partial charge on any atom is -0.376 e. The highest BCUT2D eigenvalue weighted by Gasteiger charge is 2.15. The summed E-state index contributed by atoms with van der Waals surface area (Å²) in [6.45, 7) is 1.46. The molecule has 0 radical (unpaired) electrons. The number of rotatable bonds is 5. The monoisotopic (exact) mass is 350 g/mol. The lowest BCUT2D eigenvalue weighted by Gasteiger charge is -2.11. The van der Waals surface area contributed by atoms with Crippen LogP contribution in [-0.4, -0.2) is 35.4 Å². The Hall–Kier alpha value is -2.25. The van der Waals surface area contributed by atoms with Gasteiger partial charge in [-0.2, -0.15) is 0 Å². The molecule has 1 aliphatic heterocycles. The van der Waals surface area contributed by atoms with Gasteiger partial charge in [-0.15, -0.1) is 10.2 Å². The summed E-state index contributed by atoms with van der Waals surface area (Å²) in [6.07, 6.45) is 2.30. The zero-order valence-corrected chi connectivity index (χ0v) is 13.5. The first-order valence-electron chi connectivity index (χ1n) is 7.57. The minimum absolute atomic E-state index is 0.0624. The first kappa shape index (κ1) is 16.6. The molecule has 2 heterocycles. The second-order valence-electron chi connectivity index (χ2n) is 5.40. The Morgan fingerprint density at radius 3 is 2.88 bits per heavy atom. The molecule has 0 bridgehead atoms. The van der Waals surface area contributed by atoms with E-state index in [0.717, 1.165) is 19.4 Å². The maximum atomic E-state index is 13.1. The molecule has 1 aliphatic rings. The van der Waals surface area contributed by atoms with E-state index in [9.17, 15) is 9.18 Å². The summed E-state index contributed by atoms with van der Waals surface area (Å²) >= 11 is 5.68. The molecule has 0 spiro atoms. The number of anilines is 2. The Kier molecular flexibility index (Phi) is 5.22. The Morgan fingerprint density at radius 2 is 2.21 bits per heavy atom. The lowest BCUT2D eigenvalue weighted by atomic mass is 10.2. The van der Waals surface area contributed by atoms with Crippen molar-refractivity contribution < 1.29 is 13.9 Å². The average Bonchev–Trinajstić information content (AvgIpc) is 3.10. The number of hydrogen-bond donors (Lipinski definition) is 2. The summed E-state index contributed by atoms with van der Waals surface area (Å²) in [5.41, 5.74) is 0.534. The lowest BCUT2D eigenvalue weighted by Crippen LogP contribution is -2.20. The molecule has 1 amide bonds. The van der Waals surface area contributed by atoms with Crippen molar-refractivity contribution in [3.63, 3.8) is 0 Å². The summed E-state index contributed by atoms with van der Waals surface area (Å²) in [7, 11) is 0. The Labute approximate surface area is 143 Å². The summed E-state index contributed by atoms with van der Waals surface area (Å²) in [6, 6.07) is 7.17. The second-order valence-corrected chi connectivity index (χ2v) is 5.81. The number of halogens is 2. The van der Waals surface area contributed by atoms with Crippen LogP contribution in [0, 0.1) is 5.82 Å². The van der Waals surface area contributed by atoms with Crippen molar-refractivity contribution in [2.75, 3.05) is 23.8 Å². The number of nitrogens with zero attached hydrogens (tertiary/aromatic N) is 2. The molecule has 1 unspecified atom stereocenters. The van der Waals surface area contributed by atoms with Gasteiger partial charge in [0, 0.05) is 18.8 Å². The van der Waals surface area contributed by atoms with E-state index in [1.165, 1.54) is 18.2 Å². The fourth-order valence-electron chi connectivity index (χ4n) is 2.34. The van der Waals surface area contributed by atoms with Gasteiger partial charge in [-0.25, -0.2) is 4.39 Å². The van der Waals surface area contributed by atoms with Crippen LogP contribution in [0.1, 0.15) is 23.3 Å². The van der Waals surface area contributed by atoms with Gasteiger partial charge in [0.15, 0.2) is 5.69 Å². The van der Waals surface area contributed by atoms with E-state index in [-0.39, 0.29) is 16.8 Å². The predicted octanol–water partition coefficient (Wildman–Crippen LogP) is 3.11. The summed E-state index contributed by atoms with van der Waals surface area (Å²) in [5, 5.41) is 13.5. The molecule has 2 N–H and O–H groups in total. The maximum absolute atomic E-state index is 13.1. The van der Waals surface area contributed by atoms with Crippen LogP contribution < -0.4 is 10.6 Å². The van der Waals surface area contributed by atoms with E-state index in [2.05, 4.69) is 20.8 Å². The van der Waals surface area contributed by atoms with Crippen molar-refractivity contribution in [3.05, 3.63) is 46.9 Å². The molecule has 1 aromatic heterocycles. The fraction of sp³-hybridized carbons (Fsp3) is 0.312. The van der Waals surface area contributed by atoms with Gasteiger partial charge in [0.05, 0.1) is 11.1 Å². The van der Waals surface area contributed by atoms with Gasteiger partial charge < -0.3 is 15.4 Å². The number of benzene rings is 1. The van der Waals surface area contributed by atoms with Crippen molar-refractivity contribution in [2.24, 2.45) is 0 Å². The third-order valence-electron chi connectivity index (χ3n) is 3.61. The number of ether oxygens (including phenoxy) is 1. The smallest absolute Gasteiger partial charge is 0.276 e. The van der Waals surface area contributed by atoms with Crippen molar-refractivity contribution in [1.29, 1.82) is 0 Å². The van der Waals surface area contributed by atoms with Crippen LogP contribution >= 0.6 is 11.6 Å². The van der Waals surface area contributed by atoms with Crippen molar-refractivity contribution in [2.45, 2.75) is 18.9 Å². The molecular formula is C16H16ClFN4O2. The molecule has 126 valence electrons. The molecule has 0 saturated carbocycles. The highest BCUT2D eigenvalue weighted by Crippen LogP contribution is 2.19. The largest absolute Gasteiger partial charge is 0.376 e. The van der Waals surface area contributed by atoms with E-state index in [1.807, 2.05) is 0 Å². The topological polar surface area (TPSA) is 76.1 Å².